The van der Waals surface area contributed by atoms with Gasteiger partial charge in [-0.15, -0.1) is 0 Å². The molecule has 2 saturated heterocycles. The fraction of sp³-hybridized carbons (Fsp3) is 0.650. The monoisotopic (exact) mass is 314 g/mol. The van der Waals surface area contributed by atoms with Gasteiger partial charge >= 0.3 is 0 Å². The minimum atomic E-state index is -0.199. The standard InChI is InChI=1S/C20H30N2O/c1-14-6-4-5-7-16(14)13-20(2,3)22-19(23)12-15-10-17-8-9-18(11-15)21-17/h4-7,15,17-18,21H,8-13H2,1-3H3,(H,22,23). The number of aryl methyl sites for hydroxylation is 1. The van der Waals surface area contributed by atoms with Crippen molar-refractivity contribution in [1.82, 2.24) is 10.6 Å². The first-order valence-corrected chi connectivity index (χ1v) is 9.03. The molecule has 2 N–H and O–H groups in total. The summed E-state index contributed by atoms with van der Waals surface area (Å²) < 4.78 is 0. The number of amides is 1. The minimum absolute atomic E-state index is 0.199. The third-order valence-electron chi connectivity index (χ3n) is 5.42. The molecule has 1 amide bonds. The lowest BCUT2D eigenvalue weighted by Gasteiger charge is -2.31. The first kappa shape index (κ1) is 16.5. The van der Waals surface area contributed by atoms with E-state index in [1.807, 2.05) is 0 Å². The summed E-state index contributed by atoms with van der Waals surface area (Å²) in [7, 11) is 0. The molecular weight excluding hydrogens is 284 g/mol. The number of carbonyl (C=O) groups excluding carboxylic acids is 1. The highest BCUT2D eigenvalue weighted by Gasteiger charge is 2.34. The summed E-state index contributed by atoms with van der Waals surface area (Å²) >= 11 is 0. The molecule has 2 aliphatic rings. The van der Waals surface area contributed by atoms with Crippen molar-refractivity contribution in [2.45, 2.75) is 76.9 Å². The van der Waals surface area contributed by atoms with E-state index in [1.54, 1.807) is 0 Å². The van der Waals surface area contributed by atoms with E-state index in [0.717, 1.165) is 6.42 Å². The van der Waals surface area contributed by atoms with Crippen molar-refractivity contribution in [2.75, 3.05) is 0 Å². The molecule has 0 saturated carbocycles. The smallest absolute Gasteiger partial charge is 0.220 e. The van der Waals surface area contributed by atoms with Gasteiger partial charge in [-0.05, 0) is 69.9 Å². The largest absolute Gasteiger partial charge is 0.351 e. The van der Waals surface area contributed by atoms with E-state index < -0.39 is 0 Å². The highest BCUT2D eigenvalue weighted by Crippen LogP contribution is 2.32. The summed E-state index contributed by atoms with van der Waals surface area (Å²) in [5.41, 5.74) is 2.41. The Balaban J connectivity index is 1.53. The molecule has 0 radical (unpaired) electrons. The van der Waals surface area contributed by atoms with Gasteiger partial charge in [-0.2, -0.15) is 0 Å². The predicted octanol–water partition coefficient (Wildman–Crippen LogP) is 3.35. The van der Waals surface area contributed by atoms with Crippen molar-refractivity contribution in [3.63, 3.8) is 0 Å². The molecule has 0 aliphatic carbocycles. The maximum atomic E-state index is 12.5. The highest BCUT2D eigenvalue weighted by molar-refractivity contribution is 5.77. The molecule has 126 valence electrons. The highest BCUT2D eigenvalue weighted by atomic mass is 16.1. The molecule has 3 rings (SSSR count). The topological polar surface area (TPSA) is 41.1 Å². The molecule has 0 aromatic heterocycles. The molecule has 2 fully saturated rings. The van der Waals surface area contributed by atoms with Gasteiger partial charge < -0.3 is 10.6 Å². The van der Waals surface area contributed by atoms with E-state index in [0.29, 0.717) is 24.4 Å². The van der Waals surface area contributed by atoms with Crippen LogP contribution in [0.5, 0.6) is 0 Å². The van der Waals surface area contributed by atoms with Gasteiger partial charge in [0.2, 0.25) is 5.91 Å². The third kappa shape index (κ3) is 4.35. The quantitative estimate of drug-likeness (QED) is 0.875. The number of rotatable bonds is 5. The van der Waals surface area contributed by atoms with Gasteiger partial charge in [0, 0.05) is 24.0 Å². The van der Waals surface area contributed by atoms with Crippen LogP contribution in [0.3, 0.4) is 0 Å². The summed E-state index contributed by atoms with van der Waals surface area (Å²) in [6, 6.07) is 9.75. The van der Waals surface area contributed by atoms with Gasteiger partial charge in [0.1, 0.15) is 0 Å². The normalized spacial score (nSPS) is 27.0. The van der Waals surface area contributed by atoms with Crippen LogP contribution >= 0.6 is 0 Å². The van der Waals surface area contributed by atoms with E-state index in [-0.39, 0.29) is 11.4 Å². The van der Waals surface area contributed by atoms with Crippen LogP contribution in [0.4, 0.5) is 0 Å². The maximum Gasteiger partial charge on any atom is 0.220 e. The van der Waals surface area contributed by atoms with Crippen molar-refractivity contribution in [2.24, 2.45) is 5.92 Å². The molecule has 23 heavy (non-hydrogen) atoms. The Hall–Kier alpha value is -1.35. The number of nitrogens with one attached hydrogen (secondary N) is 2. The van der Waals surface area contributed by atoms with Gasteiger partial charge in [-0.25, -0.2) is 0 Å². The SMILES string of the molecule is Cc1ccccc1CC(C)(C)NC(=O)CC1CC2CCC(C1)N2. The summed E-state index contributed by atoms with van der Waals surface area (Å²) in [4.78, 5) is 12.5. The zero-order valence-corrected chi connectivity index (χ0v) is 14.7. The Morgan fingerprint density at radius 3 is 2.52 bits per heavy atom. The summed E-state index contributed by atoms with van der Waals surface area (Å²) in [5.74, 6) is 0.776. The molecule has 3 heteroatoms. The van der Waals surface area contributed by atoms with Crippen LogP contribution in [0.2, 0.25) is 0 Å². The summed E-state index contributed by atoms with van der Waals surface area (Å²) in [6.45, 7) is 6.39. The van der Waals surface area contributed by atoms with Gasteiger partial charge in [-0.3, -0.25) is 4.79 Å². The zero-order valence-electron chi connectivity index (χ0n) is 14.7. The Morgan fingerprint density at radius 1 is 1.22 bits per heavy atom. The average molecular weight is 314 g/mol. The van der Waals surface area contributed by atoms with E-state index in [9.17, 15) is 4.79 Å². The molecule has 0 spiro atoms. The van der Waals surface area contributed by atoms with Crippen LogP contribution in [0.25, 0.3) is 0 Å². The lowest BCUT2D eigenvalue weighted by molar-refractivity contribution is -0.123. The molecule has 1 aromatic carbocycles. The van der Waals surface area contributed by atoms with E-state index >= 15 is 0 Å². The molecule has 1 aromatic rings. The fourth-order valence-electron chi connectivity index (χ4n) is 4.36. The Kier molecular flexibility index (Phi) is 4.77. The van der Waals surface area contributed by atoms with Crippen LogP contribution in [0.1, 0.15) is 57.1 Å². The molecule has 2 heterocycles. The van der Waals surface area contributed by atoms with Gasteiger partial charge in [0.05, 0.1) is 0 Å². The first-order valence-electron chi connectivity index (χ1n) is 9.03. The van der Waals surface area contributed by atoms with Gasteiger partial charge in [0.15, 0.2) is 0 Å². The number of carbonyl (C=O) groups is 1. The third-order valence-corrected chi connectivity index (χ3v) is 5.42. The van der Waals surface area contributed by atoms with Gasteiger partial charge in [-0.1, -0.05) is 24.3 Å². The Morgan fingerprint density at radius 2 is 1.87 bits per heavy atom. The van der Waals surface area contributed by atoms with E-state index in [2.05, 4.69) is 55.7 Å². The molecule has 2 bridgehead atoms. The second kappa shape index (κ2) is 6.64. The number of hydrogen-bond donors (Lipinski definition) is 2. The first-order chi connectivity index (χ1) is 10.9. The minimum Gasteiger partial charge on any atom is -0.351 e. The number of hydrogen-bond acceptors (Lipinski definition) is 2. The molecule has 2 unspecified atom stereocenters. The number of benzene rings is 1. The average Bonchev–Trinajstić information content (AvgIpc) is 2.79. The zero-order chi connectivity index (χ0) is 16.4. The summed E-state index contributed by atoms with van der Waals surface area (Å²) in [5, 5.41) is 6.92. The van der Waals surface area contributed by atoms with Crippen molar-refractivity contribution in [3.8, 4) is 0 Å². The van der Waals surface area contributed by atoms with Crippen molar-refractivity contribution in [3.05, 3.63) is 35.4 Å². The Labute approximate surface area is 140 Å². The van der Waals surface area contributed by atoms with E-state index in [1.165, 1.54) is 36.8 Å². The van der Waals surface area contributed by atoms with Crippen LogP contribution in [0, 0.1) is 12.8 Å². The fourth-order valence-corrected chi connectivity index (χ4v) is 4.36. The van der Waals surface area contributed by atoms with Crippen molar-refractivity contribution < 1.29 is 4.79 Å². The second-order valence-electron chi connectivity index (χ2n) is 8.21. The van der Waals surface area contributed by atoms with Crippen LogP contribution in [-0.2, 0) is 11.2 Å². The molecule has 2 atom stereocenters. The van der Waals surface area contributed by atoms with Crippen LogP contribution in [0.15, 0.2) is 24.3 Å². The molecule has 2 aliphatic heterocycles. The lowest BCUT2D eigenvalue weighted by atomic mass is 9.88. The van der Waals surface area contributed by atoms with Crippen molar-refractivity contribution in [1.29, 1.82) is 0 Å². The number of fused-ring (bicyclic) bond motifs is 2. The second-order valence-corrected chi connectivity index (χ2v) is 8.21. The van der Waals surface area contributed by atoms with Crippen LogP contribution in [-0.4, -0.2) is 23.5 Å². The maximum absolute atomic E-state index is 12.5. The van der Waals surface area contributed by atoms with Crippen LogP contribution < -0.4 is 10.6 Å². The number of piperidine rings is 1. The lowest BCUT2D eigenvalue weighted by Crippen LogP contribution is -2.47. The molecular formula is C20H30N2O. The predicted molar refractivity (Wildman–Crippen MR) is 94.4 cm³/mol. The van der Waals surface area contributed by atoms with Gasteiger partial charge in [0.25, 0.3) is 0 Å². The van der Waals surface area contributed by atoms with E-state index in [4.69, 9.17) is 0 Å². The Bertz CT molecular complexity index is 555. The summed E-state index contributed by atoms with van der Waals surface area (Å²) in [6.07, 6.45) is 6.49. The molecule has 3 nitrogen and oxygen atoms in total. The van der Waals surface area contributed by atoms with Crippen molar-refractivity contribution >= 4 is 5.91 Å².